The third kappa shape index (κ3) is 3.18. The van der Waals surface area contributed by atoms with Crippen molar-refractivity contribution in [2.24, 2.45) is 0 Å². The van der Waals surface area contributed by atoms with Crippen LogP contribution in [-0.2, 0) is 0 Å². The molecule has 0 unspecified atom stereocenters. The van der Waals surface area contributed by atoms with Gasteiger partial charge in [-0.05, 0) is 30.3 Å². The lowest BCUT2D eigenvalue weighted by atomic mass is 10.1. The number of rotatable bonds is 3. The summed E-state index contributed by atoms with van der Waals surface area (Å²) in [6, 6.07) is 13.1. The van der Waals surface area contributed by atoms with Crippen molar-refractivity contribution in [2.75, 3.05) is 5.32 Å². The van der Waals surface area contributed by atoms with Gasteiger partial charge in [0.1, 0.15) is 16.6 Å². The Bertz CT molecular complexity index is 1230. The molecule has 10 heteroatoms. The van der Waals surface area contributed by atoms with E-state index in [0.29, 0.717) is 16.7 Å². The Kier molecular flexibility index (Phi) is 4.45. The van der Waals surface area contributed by atoms with Crippen LogP contribution >= 0.6 is 0 Å². The fourth-order valence-electron chi connectivity index (χ4n) is 2.67. The standard InChI is InChI=1S/C19H9F5N4O/c20-14-13(15(21)17(23)18(24)16(14)22)19(29)25-9-6-7-11-12(8-9)27-28(26-11)10-4-2-1-3-5-10/h1-8H,(H,25,29). The zero-order chi connectivity index (χ0) is 20.7. The minimum atomic E-state index is -2.34. The molecule has 146 valence electrons. The Balaban J connectivity index is 1.67. The van der Waals surface area contributed by atoms with E-state index in [1.54, 1.807) is 24.3 Å². The Morgan fingerprint density at radius 3 is 2.00 bits per heavy atom. The van der Waals surface area contributed by atoms with E-state index < -0.39 is 40.6 Å². The summed E-state index contributed by atoms with van der Waals surface area (Å²) in [4.78, 5) is 13.5. The number of carbonyl (C=O) groups excluding carboxylic acids is 1. The van der Waals surface area contributed by atoms with Gasteiger partial charge in [0.2, 0.25) is 5.82 Å². The molecule has 0 atom stereocenters. The van der Waals surface area contributed by atoms with Crippen molar-refractivity contribution in [1.29, 1.82) is 0 Å². The number of nitrogens with zero attached hydrogens (tertiary/aromatic N) is 3. The Labute approximate surface area is 159 Å². The molecule has 0 radical (unpaired) electrons. The molecule has 1 N–H and O–H groups in total. The van der Waals surface area contributed by atoms with Crippen molar-refractivity contribution in [3.63, 3.8) is 0 Å². The predicted octanol–water partition coefficient (Wildman–Crippen LogP) is 4.37. The van der Waals surface area contributed by atoms with Gasteiger partial charge in [-0.3, -0.25) is 4.79 Å². The number of aromatic nitrogens is 3. The van der Waals surface area contributed by atoms with Crippen molar-refractivity contribution in [2.45, 2.75) is 0 Å². The van der Waals surface area contributed by atoms with E-state index in [9.17, 15) is 26.7 Å². The molecule has 0 aliphatic carbocycles. The van der Waals surface area contributed by atoms with Gasteiger partial charge in [0, 0.05) is 5.69 Å². The molecule has 0 saturated heterocycles. The summed E-state index contributed by atoms with van der Waals surface area (Å²) in [6.45, 7) is 0. The zero-order valence-corrected chi connectivity index (χ0v) is 14.3. The minimum absolute atomic E-state index is 0.0338. The van der Waals surface area contributed by atoms with Crippen molar-refractivity contribution < 1.29 is 26.7 Å². The molecule has 5 nitrogen and oxygen atoms in total. The average Bonchev–Trinajstić information content (AvgIpc) is 3.15. The van der Waals surface area contributed by atoms with Crippen molar-refractivity contribution in [3.8, 4) is 5.69 Å². The topological polar surface area (TPSA) is 59.8 Å². The third-order valence-electron chi connectivity index (χ3n) is 4.06. The second kappa shape index (κ2) is 6.97. The van der Waals surface area contributed by atoms with E-state index in [1.807, 2.05) is 6.07 Å². The summed E-state index contributed by atoms with van der Waals surface area (Å²) in [5.74, 6) is -12.7. The van der Waals surface area contributed by atoms with Crippen LogP contribution in [0.1, 0.15) is 10.4 Å². The number of fused-ring (bicyclic) bond motifs is 1. The monoisotopic (exact) mass is 404 g/mol. The van der Waals surface area contributed by atoms with Gasteiger partial charge in [-0.1, -0.05) is 18.2 Å². The van der Waals surface area contributed by atoms with Gasteiger partial charge in [0.15, 0.2) is 23.3 Å². The van der Waals surface area contributed by atoms with Crippen LogP contribution in [-0.4, -0.2) is 20.9 Å². The Hall–Kier alpha value is -3.82. The van der Waals surface area contributed by atoms with E-state index in [-0.39, 0.29) is 5.69 Å². The van der Waals surface area contributed by atoms with E-state index in [4.69, 9.17) is 0 Å². The molecule has 0 spiro atoms. The van der Waals surface area contributed by atoms with Crippen LogP contribution in [0.4, 0.5) is 27.6 Å². The van der Waals surface area contributed by atoms with Crippen LogP contribution in [0.2, 0.25) is 0 Å². The molecule has 4 aromatic rings. The lowest BCUT2D eigenvalue weighted by Crippen LogP contribution is -2.19. The third-order valence-corrected chi connectivity index (χ3v) is 4.06. The SMILES string of the molecule is O=C(Nc1ccc2nn(-c3ccccc3)nc2c1)c1c(F)c(F)c(F)c(F)c1F. The summed E-state index contributed by atoms with van der Waals surface area (Å²) in [5.41, 5.74) is -0.0659. The largest absolute Gasteiger partial charge is 0.322 e. The van der Waals surface area contributed by atoms with E-state index in [2.05, 4.69) is 15.5 Å². The highest BCUT2D eigenvalue weighted by molar-refractivity contribution is 6.05. The second-order valence-electron chi connectivity index (χ2n) is 5.93. The number of nitrogens with one attached hydrogen (secondary N) is 1. The summed E-state index contributed by atoms with van der Waals surface area (Å²) < 4.78 is 67.3. The molecule has 3 aromatic carbocycles. The lowest BCUT2D eigenvalue weighted by Gasteiger charge is -2.09. The maximum Gasteiger partial charge on any atom is 0.261 e. The molecular weight excluding hydrogens is 395 g/mol. The minimum Gasteiger partial charge on any atom is -0.322 e. The van der Waals surface area contributed by atoms with Crippen LogP contribution in [0, 0.1) is 29.1 Å². The number of carbonyl (C=O) groups is 1. The van der Waals surface area contributed by atoms with Gasteiger partial charge in [0.25, 0.3) is 5.91 Å². The molecular formula is C19H9F5N4O. The van der Waals surface area contributed by atoms with Gasteiger partial charge < -0.3 is 5.32 Å². The smallest absolute Gasteiger partial charge is 0.261 e. The van der Waals surface area contributed by atoms with E-state index in [1.165, 1.54) is 23.0 Å². The molecule has 0 fully saturated rings. The van der Waals surface area contributed by atoms with Gasteiger partial charge in [0.05, 0.1) is 5.69 Å². The van der Waals surface area contributed by atoms with Gasteiger partial charge in [-0.25, -0.2) is 22.0 Å². The molecule has 1 heterocycles. The quantitative estimate of drug-likeness (QED) is 0.313. The number of hydrogen-bond acceptors (Lipinski definition) is 3. The van der Waals surface area contributed by atoms with Gasteiger partial charge in [-0.2, -0.15) is 4.80 Å². The van der Waals surface area contributed by atoms with Crippen molar-refractivity contribution in [3.05, 3.63) is 83.2 Å². The average molecular weight is 404 g/mol. The highest BCUT2D eigenvalue weighted by atomic mass is 19.2. The van der Waals surface area contributed by atoms with Crippen LogP contribution in [0.5, 0.6) is 0 Å². The van der Waals surface area contributed by atoms with Gasteiger partial charge in [-0.15, -0.1) is 10.2 Å². The highest BCUT2D eigenvalue weighted by Gasteiger charge is 2.29. The fraction of sp³-hybridized carbons (Fsp3) is 0. The summed E-state index contributed by atoms with van der Waals surface area (Å²) in [5, 5.41) is 10.6. The first-order chi connectivity index (χ1) is 13.9. The first kappa shape index (κ1) is 18.5. The van der Waals surface area contributed by atoms with Crippen LogP contribution in [0.15, 0.2) is 48.5 Å². The molecule has 1 amide bonds. The Morgan fingerprint density at radius 1 is 0.759 bits per heavy atom. The molecule has 1 aromatic heterocycles. The molecule has 0 saturated carbocycles. The van der Waals surface area contributed by atoms with E-state index >= 15 is 0 Å². The van der Waals surface area contributed by atoms with Crippen LogP contribution in [0.3, 0.4) is 0 Å². The van der Waals surface area contributed by atoms with Crippen molar-refractivity contribution >= 4 is 22.6 Å². The highest BCUT2D eigenvalue weighted by Crippen LogP contribution is 2.24. The first-order valence-electron chi connectivity index (χ1n) is 8.12. The normalized spacial score (nSPS) is 11.1. The number of para-hydroxylation sites is 1. The van der Waals surface area contributed by atoms with Crippen molar-refractivity contribution in [1.82, 2.24) is 15.0 Å². The predicted molar refractivity (Wildman–Crippen MR) is 93.1 cm³/mol. The maximum atomic E-state index is 13.8. The molecule has 0 bridgehead atoms. The zero-order valence-electron chi connectivity index (χ0n) is 14.3. The molecule has 29 heavy (non-hydrogen) atoms. The first-order valence-corrected chi connectivity index (χ1v) is 8.12. The number of anilines is 1. The summed E-state index contributed by atoms with van der Waals surface area (Å²) >= 11 is 0. The molecule has 4 rings (SSSR count). The number of amides is 1. The maximum absolute atomic E-state index is 13.8. The lowest BCUT2D eigenvalue weighted by molar-refractivity contribution is 0.101. The fourth-order valence-corrected chi connectivity index (χ4v) is 2.67. The van der Waals surface area contributed by atoms with Crippen LogP contribution < -0.4 is 5.32 Å². The summed E-state index contributed by atoms with van der Waals surface area (Å²) in [6.07, 6.45) is 0. The molecule has 0 aliphatic heterocycles. The number of benzene rings is 3. The number of halogens is 5. The summed E-state index contributed by atoms with van der Waals surface area (Å²) in [7, 11) is 0. The number of hydrogen-bond donors (Lipinski definition) is 1. The Morgan fingerprint density at radius 2 is 1.34 bits per heavy atom. The van der Waals surface area contributed by atoms with Crippen LogP contribution in [0.25, 0.3) is 16.7 Å². The van der Waals surface area contributed by atoms with Gasteiger partial charge >= 0.3 is 0 Å². The molecule has 0 aliphatic rings. The van der Waals surface area contributed by atoms with E-state index in [0.717, 1.165) is 0 Å². The second-order valence-corrected chi connectivity index (χ2v) is 5.93.